The summed E-state index contributed by atoms with van der Waals surface area (Å²) in [5, 5.41) is 13.8. The summed E-state index contributed by atoms with van der Waals surface area (Å²) >= 11 is 1.29. The third-order valence-electron chi connectivity index (χ3n) is 3.09. The molecular weight excluding hydrogens is 294 g/mol. The predicted octanol–water partition coefficient (Wildman–Crippen LogP) is 1.20. The minimum absolute atomic E-state index is 0.0385. The van der Waals surface area contributed by atoms with Crippen LogP contribution in [0.15, 0.2) is 5.38 Å². The fourth-order valence-corrected chi connectivity index (χ4v) is 3.03. The van der Waals surface area contributed by atoms with Gasteiger partial charge in [-0.2, -0.15) is 0 Å². The number of aromatic carboxylic acids is 1. The molecule has 1 aliphatic rings. The fourth-order valence-electron chi connectivity index (χ4n) is 2.26. The van der Waals surface area contributed by atoms with E-state index in [0.29, 0.717) is 31.1 Å². The van der Waals surface area contributed by atoms with E-state index in [1.165, 1.54) is 16.7 Å². The number of carbonyl (C=O) groups excluding carboxylic acids is 1. The number of nitrogens with one attached hydrogen (secondary N) is 1. The largest absolute Gasteiger partial charge is 0.476 e. The first-order valence-corrected chi connectivity index (χ1v) is 7.69. The van der Waals surface area contributed by atoms with Gasteiger partial charge in [-0.3, -0.25) is 0 Å². The molecule has 2 amide bonds. The van der Waals surface area contributed by atoms with Crippen molar-refractivity contribution >= 4 is 23.3 Å². The van der Waals surface area contributed by atoms with Crippen molar-refractivity contribution in [1.29, 1.82) is 0 Å². The molecule has 0 radical (unpaired) electrons. The van der Waals surface area contributed by atoms with E-state index in [4.69, 9.17) is 9.84 Å². The quantitative estimate of drug-likeness (QED) is 0.871. The lowest BCUT2D eigenvalue weighted by Gasteiger charge is -2.35. The maximum atomic E-state index is 12.0. The second kappa shape index (κ2) is 6.86. The summed E-state index contributed by atoms with van der Waals surface area (Å²) in [6.07, 6.45) is 0.604. The molecule has 116 valence electrons. The molecule has 2 atom stereocenters. The van der Waals surface area contributed by atoms with Crippen LogP contribution in [0, 0.1) is 0 Å². The lowest BCUT2D eigenvalue weighted by atomic mass is 10.2. The Morgan fingerprint density at radius 3 is 2.71 bits per heavy atom. The summed E-state index contributed by atoms with van der Waals surface area (Å²) in [6, 6.07) is -0.119. The van der Waals surface area contributed by atoms with Crippen LogP contribution in [0.5, 0.6) is 0 Å². The molecule has 1 fully saturated rings. The molecule has 0 bridgehead atoms. The summed E-state index contributed by atoms with van der Waals surface area (Å²) in [5.41, 5.74) is 0.0529. The van der Waals surface area contributed by atoms with Gasteiger partial charge in [0.2, 0.25) is 0 Å². The van der Waals surface area contributed by atoms with Crippen LogP contribution in [-0.4, -0.2) is 58.8 Å². The first kappa shape index (κ1) is 15.7. The molecule has 1 aliphatic heterocycles. The molecule has 2 unspecified atom stereocenters. The van der Waals surface area contributed by atoms with Gasteiger partial charge in [0, 0.05) is 31.4 Å². The van der Waals surface area contributed by atoms with E-state index in [1.54, 1.807) is 4.90 Å². The molecule has 1 aromatic heterocycles. The van der Waals surface area contributed by atoms with Crippen molar-refractivity contribution in [2.75, 3.05) is 19.6 Å². The summed E-state index contributed by atoms with van der Waals surface area (Å²) in [7, 11) is 0. The molecule has 2 heterocycles. The number of rotatable bonds is 4. The van der Waals surface area contributed by atoms with E-state index < -0.39 is 5.97 Å². The molecule has 2 rings (SSSR count). The molecule has 1 saturated heterocycles. The van der Waals surface area contributed by atoms with Crippen molar-refractivity contribution in [1.82, 2.24) is 15.2 Å². The van der Waals surface area contributed by atoms with Crippen LogP contribution >= 0.6 is 11.3 Å². The van der Waals surface area contributed by atoms with Crippen LogP contribution in [0.4, 0.5) is 4.79 Å². The van der Waals surface area contributed by atoms with Crippen molar-refractivity contribution in [3.05, 3.63) is 16.1 Å². The molecule has 21 heavy (non-hydrogen) atoms. The number of ether oxygens (including phenoxy) is 1. The van der Waals surface area contributed by atoms with Gasteiger partial charge in [0.25, 0.3) is 0 Å². The van der Waals surface area contributed by atoms with Crippen molar-refractivity contribution in [2.45, 2.75) is 32.5 Å². The molecule has 0 aliphatic carbocycles. The Balaban J connectivity index is 1.77. The molecule has 0 saturated carbocycles. The van der Waals surface area contributed by atoms with Crippen molar-refractivity contribution < 1.29 is 19.4 Å². The van der Waals surface area contributed by atoms with Gasteiger partial charge in [-0.05, 0) is 13.8 Å². The Hall–Kier alpha value is -1.67. The zero-order valence-corrected chi connectivity index (χ0v) is 12.9. The maximum Gasteiger partial charge on any atom is 0.355 e. The molecular formula is C13H19N3O4S. The number of thiazole rings is 1. The minimum atomic E-state index is -1.03. The Kier molecular flexibility index (Phi) is 5.13. The second-order valence-electron chi connectivity index (χ2n) is 5.08. The molecule has 8 heteroatoms. The number of hydrogen-bond acceptors (Lipinski definition) is 5. The van der Waals surface area contributed by atoms with Crippen molar-refractivity contribution in [3.8, 4) is 0 Å². The van der Waals surface area contributed by atoms with Crippen LogP contribution in [0.25, 0.3) is 0 Å². The lowest BCUT2D eigenvalue weighted by Crippen LogP contribution is -2.51. The van der Waals surface area contributed by atoms with Gasteiger partial charge in [0.1, 0.15) is 0 Å². The number of morpholine rings is 1. The summed E-state index contributed by atoms with van der Waals surface area (Å²) in [5.74, 6) is -1.03. The Labute approximate surface area is 126 Å². The molecule has 0 aromatic carbocycles. The first-order chi connectivity index (χ1) is 9.95. The van der Waals surface area contributed by atoms with Gasteiger partial charge in [0.15, 0.2) is 5.69 Å². The highest BCUT2D eigenvalue weighted by atomic mass is 32.1. The van der Waals surface area contributed by atoms with E-state index in [2.05, 4.69) is 10.3 Å². The molecule has 2 N–H and O–H groups in total. The second-order valence-corrected chi connectivity index (χ2v) is 6.02. The number of nitrogens with zero attached hydrogens (tertiary/aromatic N) is 2. The number of amides is 2. The van der Waals surface area contributed by atoms with E-state index in [9.17, 15) is 9.59 Å². The number of carbonyl (C=O) groups is 2. The van der Waals surface area contributed by atoms with Crippen LogP contribution in [0.2, 0.25) is 0 Å². The number of urea groups is 1. The lowest BCUT2D eigenvalue weighted by molar-refractivity contribution is -0.0544. The highest BCUT2D eigenvalue weighted by molar-refractivity contribution is 7.09. The standard InChI is InChI=1S/C13H19N3O4S/c1-8-5-16(6-9(2)20-8)13(19)14-4-3-11-15-10(7-21-11)12(17)18/h7-9H,3-6H2,1-2H3,(H,14,19)(H,17,18). The summed E-state index contributed by atoms with van der Waals surface area (Å²) in [4.78, 5) is 28.5. The topological polar surface area (TPSA) is 91.8 Å². The maximum absolute atomic E-state index is 12.0. The van der Waals surface area contributed by atoms with Gasteiger partial charge >= 0.3 is 12.0 Å². The van der Waals surface area contributed by atoms with E-state index in [1.807, 2.05) is 13.8 Å². The first-order valence-electron chi connectivity index (χ1n) is 6.81. The summed E-state index contributed by atoms with van der Waals surface area (Å²) < 4.78 is 5.58. The highest BCUT2D eigenvalue weighted by Crippen LogP contribution is 2.11. The third-order valence-corrected chi connectivity index (χ3v) is 4.00. The number of aromatic nitrogens is 1. The Morgan fingerprint density at radius 2 is 2.14 bits per heavy atom. The van der Waals surface area contributed by atoms with Crippen molar-refractivity contribution in [3.63, 3.8) is 0 Å². The van der Waals surface area contributed by atoms with E-state index >= 15 is 0 Å². The SMILES string of the molecule is CC1CN(C(=O)NCCc2nc(C(=O)O)cs2)CC(C)O1. The molecule has 1 aromatic rings. The Morgan fingerprint density at radius 1 is 1.48 bits per heavy atom. The van der Waals surface area contributed by atoms with Crippen LogP contribution in [0.1, 0.15) is 29.3 Å². The van der Waals surface area contributed by atoms with Crippen LogP contribution < -0.4 is 5.32 Å². The third kappa shape index (κ3) is 4.40. The summed E-state index contributed by atoms with van der Waals surface area (Å²) in [6.45, 7) is 5.48. The highest BCUT2D eigenvalue weighted by Gasteiger charge is 2.25. The average molecular weight is 313 g/mol. The monoisotopic (exact) mass is 313 g/mol. The predicted molar refractivity (Wildman–Crippen MR) is 77.8 cm³/mol. The van der Waals surface area contributed by atoms with E-state index in [-0.39, 0.29) is 23.9 Å². The smallest absolute Gasteiger partial charge is 0.355 e. The molecule has 0 spiro atoms. The van der Waals surface area contributed by atoms with Gasteiger partial charge in [-0.25, -0.2) is 14.6 Å². The normalized spacial score (nSPS) is 22.1. The van der Waals surface area contributed by atoms with Gasteiger partial charge < -0.3 is 20.1 Å². The van der Waals surface area contributed by atoms with Crippen molar-refractivity contribution in [2.24, 2.45) is 0 Å². The fraction of sp³-hybridized carbons (Fsp3) is 0.615. The van der Waals surface area contributed by atoms with Gasteiger partial charge in [0.05, 0.1) is 17.2 Å². The number of carboxylic acids is 1. The van der Waals surface area contributed by atoms with E-state index in [0.717, 1.165) is 0 Å². The average Bonchev–Trinajstić information content (AvgIpc) is 2.86. The van der Waals surface area contributed by atoms with Crippen LogP contribution in [-0.2, 0) is 11.2 Å². The van der Waals surface area contributed by atoms with Gasteiger partial charge in [-0.15, -0.1) is 11.3 Å². The number of hydrogen-bond donors (Lipinski definition) is 2. The van der Waals surface area contributed by atoms with Crippen LogP contribution in [0.3, 0.4) is 0 Å². The minimum Gasteiger partial charge on any atom is -0.476 e. The zero-order valence-electron chi connectivity index (χ0n) is 12.0. The molecule has 7 nitrogen and oxygen atoms in total. The van der Waals surface area contributed by atoms with Gasteiger partial charge in [-0.1, -0.05) is 0 Å². The Bertz CT molecular complexity index is 509. The number of carboxylic acid groups (broad SMARTS) is 1. The zero-order chi connectivity index (χ0) is 15.4.